The first kappa shape index (κ1) is 13.1. The summed E-state index contributed by atoms with van der Waals surface area (Å²) in [6, 6.07) is 0. The van der Waals surface area contributed by atoms with Crippen molar-refractivity contribution in [3.63, 3.8) is 0 Å². The van der Waals surface area contributed by atoms with Gasteiger partial charge in [0.2, 0.25) is 0 Å². The van der Waals surface area contributed by atoms with Crippen LogP contribution in [0, 0.1) is 17.3 Å². The Morgan fingerprint density at radius 2 is 2.18 bits per heavy atom. The zero-order chi connectivity index (χ0) is 12.5. The molecule has 2 fully saturated rings. The summed E-state index contributed by atoms with van der Waals surface area (Å²) >= 11 is 0. The van der Waals surface area contributed by atoms with Crippen molar-refractivity contribution >= 4 is 5.78 Å². The number of nitrogens with zero attached hydrogens (tertiary/aromatic N) is 1. The number of piperidine rings is 1. The van der Waals surface area contributed by atoms with Crippen molar-refractivity contribution in [2.45, 2.75) is 52.9 Å². The van der Waals surface area contributed by atoms with E-state index < -0.39 is 0 Å². The molecule has 0 aromatic rings. The molecule has 0 radical (unpaired) electrons. The van der Waals surface area contributed by atoms with Gasteiger partial charge in [-0.3, -0.25) is 4.79 Å². The maximum Gasteiger partial charge on any atom is 0.137 e. The molecule has 0 spiro atoms. The van der Waals surface area contributed by atoms with E-state index in [1.54, 1.807) is 0 Å². The van der Waals surface area contributed by atoms with E-state index in [-0.39, 0.29) is 0 Å². The summed E-state index contributed by atoms with van der Waals surface area (Å²) in [6.45, 7) is 10.4. The van der Waals surface area contributed by atoms with Crippen LogP contribution in [0.15, 0.2) is 0 Å². The predicted octanol–water partition coefficient (Wildman–Crippen LogP) is 3.11. The van der Waals surface area contributed by atoms with Gasteiger partial charge >= 0.3 is 0 Å². The molecule has 1 heterocycles. The molecule has 0 aromatic carbocycles. The molecular formula is C15H27NO. The number of carbonyl (C=O) groups excluding carboxylic acids is 1. The number of hydrogen-bond donors (Lipinski definition) is 0. The van der Waals surface area contributed by atoms with Crippen LogP contribution in [0.3, 0.4) is 0 Å². The van der Waals surface area contributed by atoms with E-state index >= 15 is 0 Å². The van der Waals surface area contributed by atoms with Crippen molar-refractivity contribution in [2.75, 3.05) is 19.6 Å². The number of Topliss-reactive ketones (excluding diaryl/α,β-unsaturated/α-hetero) is 1. The van der Waals surface area contributed by atoms with Gasteiger partial charge in [-0.15, -0.1) is 0 Å². The normalized spacial score (nSPS) is 34.9. The van der Waals surface area contributed by atoms with Crippen LogP contribution < -0.4 is 0 Å². The van der Waals surface area contributed by atoms with Gasteiger partial charge in [-0.25, -0.2) is 0 Å². The molecule has 2 atom stereocenters. The van der Waals surface area contributed by atoms with E-state index in [9.17, 15) is 4.79 Å². The summed E-state index contributed by atoms with van der Waals surface area (Å²) in [5, 5.41) is 0. The largest absolute Gasteiger partial charge is 0.302 e. The SMILES string of the molecule is CC1CCC(=O)C(CN2CCCC(C)(C)C2)C1. The standard InChI is InChI=1S/C15H27NO/c1-12-5-6-14(17)13(9-12)10-16-8-4-7-15(2,3)11-16/h12-13H,4-11H2,1-3H3. The summed E-state index contributed by atoms with van der Waals surface area (Å²) in [6.07, 6.45) is 5.68. The molecule has 98 valence electrons. The number of rotatable bonds is 2. The summed E-state index contributed by atoms with van der Waals surface area (Å²) in [7, 11) is 0. The van der Waals surface area contributed by atoms with Gasteiger partial charge in [0.1, 0.15) is 5.78 Å². The molecule has 17 heavy (non-hydrogen) atoms. The van der Waals surface area contributed by atoms with Gasteiger partial charge in [-0.1, -0.05) is 20.8 Å². The zero-order valence-electron chi connectivity index (χ0n) is 11.7. The Kier molecular flexibility index (Phi) is 3.92. The topological polar surface area (TPSA) is 20.3 Å². The molecule has 2 unspecified atom stereocenters. The van der Waals surface area contributed by atoms with Crippen molar-refractivity contribution in [3.8, 4) is 0 Å². The Bertz CT molecular complexity index is 285. The Labute approximate surface area is 106 Å². The van der Waals surface area contributed by atoms with Gasteiger partial charge in [0, 0.05) is 25.4 Å². The molecule has 0 bridgehead atoms. The Morgan fingerprint density at radius 1 is 1.41 bits per heavy atom. The van der Waals surface area contributed by atoms with Gasteiger partial charge in [0.05, 0.1) is 0 Å². The summed E-state index contributed by atoms with van der Waals surface area (Å²) in [4.78, 5) is 14.5. The summed E-state index contributed by atoms with van der Waals surface area (Å²) in [5.74, 6) is 1.59. The number of ketones is 1. The zero-order valence-corrected chi connectivity index (χ0v) is 11.7. The molecule has 1 saturated carbocycles. The lowest BCUT2D eigenvalue weighted by Crippen LogP contribution is -2.44. The van der Waals surface area contributed by atoms with Gasteiger partial charge < -0.3 is 4.90 Å². The Balaban J connectivity index is 1.89. The molecule has 2 heteroatoms. The van der Waals surface area contributed by atoms with E-state index in [0.717, 1.165) is 31.7 Å². The fraction of sp³-hybridized carbons (Fsp3) is 0.933. The lowest BCUT2D eigenvalue weighted by Gasteiger charge is -2.40. The molecular weight excluding hydrogens is 210 g/mol. The van der Waals surface area contributed by atoms with Crippen LogP contribution in [0.2, 0.25) is 0 Å². The van der Waals surface area contributed by atoms with E-state index in [0.29, 0.717) is 17.1 Å². The minimum Gasteiger partial charge on any atom is -0.302 e. The maximum absolute atomic E-state index is 11.9. The monoisotopic (exact) mass is 237 g/mol. The third kappa shape index (κ3) is 3.54. The minimum atomic E-state index is 0.327. The highest BCUT2D eigenvalue weighted by molar-refractivity contribution is 5.81. The molecule has 1 saturated heterocycles. The number of likely N-dealkylation sites (tertiary alicyclic amines) is 1. The second kappa shape index (κ2) is 5.09. The molecule has 2 aliphatic rings. The quantitative estimate of drug-likeness (QED) is 0.735. The first-order chi connectivity index (χ1) is 7.96. The van der Waals surface area contributed by atoms with E-state index in [1.807, 2.05) is 0 Å². The highest BCUT2D eigenvalue weighted by Gasteiger charge is 2.31. The third-order valence-corrected chi connectivity index (χ3v) is 4.48. The first-order valence-electron chi connectivity index (χ1n) is 7.21. The molecule has 0 amide bonds. The van der Waals surface area contributed by atoms with Crippen molar-refractivity contribution in [2.24, 2.45) is 17.3 Å². The third-order valence-electron chi connectivity index (χ3n) is 4.48. The lowest BCUT2D eigenvalue weighted by atomic mass is 9.79. The van der Waals surface area contributed by atoms with Crippen LogP contribution in [-0.4, -0.2) is 30.3 Å². The van der Waals surface area contributed by atoms with Crippen LogP contribution >= 0.6 is 0 Å². The van der Waals surface area contributed by atoms with Crippen molar-refractivity contribution in [3.05, 3.63) is 0 Å². The van der Waals surface area contributed by atoms with Gasteiger partial charge in [0.25, 0.3) is 0 Å². The predicted molar refractivity (Wildman–Crippen MR) is 71.0 cm³/mol. The van der Waals surface area contributed by atoms with Crippen LogP contribution in [0.25, 0.3) is 0 Å². The van der Waals surface area contributed by atoms with Crippen LogP contribution in [0.5, 0.6) is 0 Å². The second-order valence-electron chi connectivity index (χ2n) is 7.05. The fourth-order valence-electron chi connectivity index (χ4n) is 3.52. The Morgan fingerprint density at radius 3 is 2.88 bits per heavy atom. The fourth-order valence-corrected chi connectivity index (χ4v) is 3.52. The van der Waals surface area contributed by atoms with E-state index in [1.165, 1.54) is 25.9 Å². The molecule has 2 nitrogen and oxygen atoms in total. The van der Waals surface area contributed by atoms with Crippen molar-refractivity contribution in [1.82, 2.24) is 4.90 Å². The van der Waals surface area contributed by atoms with Crippen molar-refractivity contribution < 1.29 is 4.79 Å². The lowest BCUT2D eigenvalue weighted by molar-refractivity contribution is -0.126. The molecule has 1 aliphatic heterocycles. The van der Waals surface area contributed by atoms with Crippen LogP contribution in [0.1, 0.15) is 52.9 Å². The van der Waals surface area contributed by atoms with Gasteiger partial charge in [-0.2, -0.15) is 0 Å². The molecule has 2 rings (SSSR count). The molecule has 0 aromatic heterocycles. The highest BCUT2D eigenvalue weighted by atomic mass is 16.1. The van der Waals surface area contributed by atoms with Crippen LogP contribution in [-0.2, 0) is 4.79 Å². The van der Waals surface area contributed by atoms with Gasteiger partial charge in [0.15, 0.2) is 0 Å². The summed E-state index contributed by atoms with van der Waals surface area (Å²) in [5.41, 5.74) is 0.446. The number of hydrogen-bond acceptors (Lipinski definition) is 2. The minimum absolute atomic E-state index is 0.327. The first-order valence-corrected chi connectivity index (χ1v) is 7.21. The highest BCUT2D eigenvalue weighted by Crippen LogP contribution is 2.31. The second-order valence-corrected chi connectivity index (χ2v) is 7.05. The van der Waals surface area contributed by atoms with Gasteiger partial charge in [-0.05, 0) is 43.6 Å². The molecule has 1 aliphatic carbocycles. The number of carbonyl (C=O) groups is 1. The Hall–Kier alpha value is -0.370. The maximum atomic E-state index is 11.9. The van der Waals surface area contributed by atoms with E-state index in [4.69, 9.17) is 0 Å². The van der Waals surface area contributed by atoms with Crippen molar-refractivity contribution in [1.29, 1.82) is 0 Å². The van der Waals surface area contributed by atoms with Crippen LogP contribution in [0.4, 0.5) is 0 Å². The van der Waals surface area contributed by atoms with E-state index in [2.05, 4.69) is 25.7 Å². The average molecular weight is 237 g/mol. The smallest absolute Gasteiger partial charge is 0.137 e. The summed E-state index contributed by atoms with van der Waals surface area (Å²) < 4.78 is 0. The average Bonchev–Trinajstić information content (AvgIpc) is 2.22. The molecule has 0 N–H and O–H groups in total.